The van der Waals surface area contributed by atoms with Crippen LogP contribution in [-0.2, 0) is 14.4 Å². The summed E-state index contributed by atoms with van der Waals surface area (Å²) in [5.74, 6) is -4.09. The summed E-state index contributed by atoms with van der Waals surface area (Å²) < 4.78 is 0. The molecule has 0 spiro atoms. The molecule has 1 atom stereocenters. The lowest BCUT2D eigenvalue weighted by Crippen LogP contribution is -2.30. The minimum absolute atomic E-state index is 0.0458. The quantitative estimate of drug-likeness (QED) is 0.207. The molecule has 0 amide bonds. The van der Waals surface area contributed by atoms with E-state index in [0.717, 1.165) is 6.08 Å². The van der Waals surface area contributed by atoms with Crippen LogP contribution in [-0.4, -0.2) is 39.1 Å². The second-order valence-electron chi connectivity index (χ2n) is 2.86. The summed E-state index contributed by atoms with van der Waals surface area (Å²) in [6.07, 6.45) is 2.06. The third kappa shape index (κ3) is 4.91. The van der Waals surface area contributed by atoms with Crippen LogP contribution in [0.25, 0.3) is 0 Å². The van der Waals surface area contributed by atoms with Gasteiger partial charge in [-0.3, -0.25) is 9.59 Å². The fourth-order valence-corrected chi connectivity index (χ4v) is 0.759. The van der Waals surface area contributed by atoms with Gasteiger partial charge in [0.25, 0.3) is 5.78 Å². The van der Waals surface area contributed by atoms with Gasteiger partial charge in [-0.2, -0.15) is 0 Å². The first kappa shape index (κ1) is 13.8. The third-order valence-electron chi connectivity index (χ3n) is 1.60. The van der Waals surface area contributed by atoms with Crippen molar-refractivity contribution in [2.75, 3.05) is 0 Å². The molecule has 0 radical (unpaired) electrons. The van der Waals surface area contributed by atoms with E-state index < -0.39 is 23.8 Å². The van der Waals surface area contributed by atoms with Gasteiger partial charge in [0.1, 0.15) is 6.04 Å². The summed E-state index contributed by atoms with van der Waals surface area (Å²) in [5, 5.41) is 25.4. The number of allylic oxidation sites excluding steroid dienone is 1. The molecule has 0 aromatic carbocycles. The number of carbonyl (C=O) groups excluding carboxylic acids is 1. The van der Waals surface area contributed by atoms with Crippen LogP contribution in [0.1, 0.15) is 6.42 Å². The molecular formula is C9H11NO6. The zero-order valence-electron chi connectivity index (χ0n) is 8.16. The molecule has 0 rings (SSSR count). The lowest BCUT2D eigenvalue weighted by Gasteiger charge is -2.05. The molecule has 0 bridgehead atoms. The normalized spacial score (nSPS) is 13.7. The number of carbonyl (C=O) groups is 3. The topological polar surface area (TPSA) is 138 Å². The summed E-state index contributed by atoms with van der Waals surface area (Å²) >= 11 is 0. The number of aliphatic carboxylic acids is 2. The predicted molar refractivity (Wildman–Crippen MR) is 52.7 cm³/mol. The Morgan fingerprint density at radius 3 is 2.12 bits per heavy atom. The first-order valence-electron chi connectivity index (χ1n) is 4.15. The van der Waals surface area contributed by atoms with Crippen LogP contribution in [0.15, 0.2) is 24.0 Å². The van der Waals surface area contributed by atoms with E-state index in [1.807, 2.05) is 0 Å². The van der Waals surface area contributed by atoms with Crippen molar-refractivity contribution >= 4 is 17.7 Å². The van der Waals surface area contributed by atoms with Gasteiger partial charge in [-0.05, 0) is 11.6 Å². The molecule has 0 aromatic heterocycles. The van der Waals surface area contributed by atoms with Crippen molar-refractivity contribution in [2.24, 2.45) is 5.73 Å². The summed E-state index contributed by atoms with van der Waals surface area (Å²) in [6, 6.07) is -1.23. The number of carboxylic acid groups (broad SMARTS) is 2. The Bertz CT molecular complexity index is 357. The van der Waals surface area contributed by atoms with Crippen molar-refractivity contribution < 1.29 is 29.7 Å². The Kier molecular flexibility index (Phi) is 5.50. The van der Waals surface area contributed by atoms with Crippen LogP contribution < -0.4 is 5.73 Å². The highest BCUT2D eigenvalue weighted by molar-refractivity contribution is 6.37. The summed E-state index contributed by atoms with van der Waals surface area (Å²) in [5.41, 5.74) is 5.22. The Morgan fingerprint density at radius 1 is 1.19 bits per heavy atom. The maximum absolute atomic E-state index is 10.6. The minimum Gasteiger partial charge on any atom is -0.515 e. The fourth-order valence-electron chi connectivity index (χ4n) is 0.759. The van der Waals surface area contributed by atoms with Crippen molar-refractivity contribution in [3.05, 3.63) is 24.0 Å². The first-order chi connectivity index (χ1) is 7.38. The minimum atomic E-state index is -1.64. The Labute approximate surface area is 90.5 Å². The Balaban J connectivity index is 4.50. The monoisotopic (exact) mass is 229 g/mol. The van der Waals surface area contributed by atoms with Gasteiger partial charge < -0.3 is 21.1 Å². The predicted octanol–water partition coefficient (Wildman–Crippen LogP) is -0.560. The number of hydrogen-bond acceptors (Lipinski definition) is 5. The molecule has 16 heavy (non-hydrogen) atoms. The number of carboxylic acids is 2. The van der Waals surface area contributed by atoms with Gasteiger partial charge in [-0.25, -0.2) is 4.79 Å². The largest absolute Gasteiger partial charge is 0.515 e. The average Bonchev–Trinajstić information content (AvgIpc) is 2.22. The molecule has 0 aliphatic carbocycles. The van der Waals surface area contributed by atoms with Gasteiger partial charge in [-0.15, -0.1) is 0 Å². The molecule has 1 unspecified atom stereocenters. The van der Waals surface area contributed by atoms with Crippen LogP contribution in [0.4, 0.5) is 0 Å². The third-order valence-corrected chi connectivity index (χ3v) is 1.60. The molecular weight excluding hydrogens is 218 g/mol. The molecule has 7 heteroatoms. The van der Waals surface area contributed by atoms with Gasteiger partial charge >= 0.3 is 11.9 Å². The summed E-state index contributed by atoms with van der Waals surface area (Å²) in [7, 11) is 0. The van der Waals surface area contributed by atoms with Crippen LogP contribution in [0.2, 0.25) is 0 Å². The lowest BCUT2D eigenvalue weighted by atomic mass is 10.1. The van der Waals surface area contributed by atoms with E-state index >= 15 is 0 Å². The van der Waals surface area contributed by atoms with Gasteiger partial charge in [0.05, 0.1) is 6.26 Å². The van der Waals surface area contributed by atoms with Crippen LogP contribution in [0, 0.1) is 0 Å². The fraction of sp³-hybridized carbons (Fsp3) is 0.222. The van der Waals surface area contributed by atoms with E-state index in [2.05, 4.69) is 0 Å². The SMILES string of the molecule is NC(CC(/C=C\C(=O)C(=O)O)=C\O)C(=O)O. The van der Waals surface area contributed by atoms with Crippen molar-refractivity contribution in [3.63, 3.8) is 0 Å². The van der Waals surface area contributed by atoms with Crippen molar-refractivity contribution in [1.82, 2.24) is 0 Å². The average molecular weight is 229 g/mol. The second-order valence-corrected chi connectivity index (χ2v) is 2.86. The molecule has 0 heterocycles. The van der Waals surface area contributed by atoms with Crippen LogP contribution >= 0.6 is 0 Å². The standard InChI is InChI=1S/C9H11NO6/c10-6(8(13)14)3-5(4-11)1-2-7(12)9(15)16/h1-2,4,6,11H,3,10H2,(H,13,14)(H,15,16)/b2-1-,5-4-. The molecule has 88 valence electrons. The molecule has 0 saturated heterocycles. The number of hydrogen-bond donors (Lipinski definition) is 4. The number of aliphatic hydroxyl groups is 1. The van der Waals surface area contributed by atoms with Gasteiger partial charge in [0.2, 0.25) is 0 Å². The number of nitrogens with two attached hydrogens (primary N) is 1. The molecule has 5 N–H and O–H groups in total. The Hall–Kier alpha value is -2.15. The molecule has 0 aliphatic heterocycles. The molecule has 0 fully saturated rings. The number of rotatable bonds is 6. The first-order valence-corrected chi connectivity index (χ1v) is 4.15. The van der Waals surface area contributed by atoms with Gasteiger partial charge in [0.15, 0.2) is 0 Å². The molecule has 0 aromatic rings. The summed E-state index contributed by atoms with van der Waals surface area (Å²) in [6.45, 7) is 0. The maximum atomic E-state index is 10.6. The highest BCUT2D eigenvalue weighted by Crippen LogP contribution is 2.05. The number of aliphatic hydroxyl groups excluding tert-OH is 1. The molecule has 7 nitrogen and oxygen atoms in total. The van der Waals surface area contributed by atoms with E-state index in [0.29, 0.717) is 12.3 Å². The smallest absolute Gasteiger partial charge is 0.376 e. The second kappa shape index (κ2) is 6.36. The highest BCUT2D eigenvalue weighted by atomic mass is 16.4. The molecule has 0 aliphatic rings. The summed E-state index contributed by atoms with van der Waals surface area (Å²) in [4.78, 5) is 31.1. The van der Waals surface area contributed by atoms with Crippen LogP contribution in [0.5, 0.6) is 0 Å². The van der Waals surface area contributed by atoms with E-state index in [-0.39, 0.29) is 12.0 Å². The van der Waals surface area contributed by atoms with Crippen LogP contribution in [0.3, 0.4) is 0 Å². The Morgan fingerprint density at radius 2 is 1.75 bits per heavy atom. The van der Waals surface area contributed by atoms with Crippen molar-refractivity contribution in [3.8, 4) is 0 Å². The molecule has 0 saturated carbocycles. The lowest BCUT2D eigenvalue weighted by molar-refractivity contribution is -0.146. The van der Waals surface area contributed by atoms with E-state index in [4.69, 9.17) is 21.1 Å². The van der Waals surface area contributed by atoms with Crippen molar-refractivity contribution in [2.45, 2.75) is 12.5 Å². The van der Waals surface area contributed by atoms with E-state index in [1.54, 1.807) is 0 Å². The maximum Gasteiger partial charge on any atom is 0.376 e. The van der Waals surface area contributed by atoms with E-state index in [1.165, 1.54) is 0 Å². The van der Waals surface area contributed by atoms with Crippen molar-refractivity contribution in [1.29, 1.82) is 0 Å². The van der Waals surface area contributed by atoms with E-state index in [9.17, 15) is 14.4 Å². The number of ketones is 1. The van der Waals surface area contributed by atoms with Gasteiger partial charge in [0, 0.05) is 6.42 Å². The zero-order valence-corrected chi connectivity index (χ0v) is 8.16. The van der Waals surface area contributed by atoms with Gasteiger partial charge in [-0.1, -0.05) is 6.08 Å². The highest BCUT2D eigenvalue weighted by Gasteiger charge is 2.13. The zero-order chi connectivity index (χ0) is 12.7.